The Kier molecular flexibility index (Phi) is 12.0. The van der Waals surface area contributed by atoms with E-state index in [-0.39, 0.29) is 34.4 Å². The summed E-state index contributed by atoms with van der Waals surface area (Å²) in [4.78, 5) is 33.2. The zero-order valence-corrected chi connectivity index (χ0v) is 34.6. The lowest BCUT2D eigenvalue weighted by Crippen LogP contribution is -2.59. The van der Waals surface area contributed by atoms with Gasteiger partial charge in [0.15, 0.2) is 0 Å². The normalized spacial score (nSPS) is 33.6. The molecule has 1 unspecified atom stereocenters. The lowest BCUT2D eigenvalue weighted by Gasteiger charge is -2.52. The number of rotatable bonds is 6. The monoisotopic (exact) mass is 794 g/mol. The zero-order valence-electron chi connectivity index (χ0n) is 33.0. The van der Waals surface area contributed by atoms with Gasteiger partial charge < -0.3 is 19.1 Å². The first-order chi connectivity index (χ1) is 26.3. The number of carbonyl (C=O) groups excluding carboxylic acids is 2. The summed E-state index contributed by atoms with van der Waals surface area (Å²) in [7, 11) is -1.14. The molecule has 10 nitrogen and oxygen atoms in total. The summed E-state index contributed by atoms with van der Waals surface area (Å²) in [6.07, 6.45) is 10.3. The number of benzene rings is 2. The fourth-order valence-electron chi connectivity index (χ4n) is 9.75. The third-order valence-electron chi connectivity index (χ3n) is 13.3. The number of amides is 1. The number of anilines is 1. The molecule has 2 fully saturated rings. The van der Waals surface area contributed by atoms with Gasteiger partial charge in [0.2, 0.25) is 0 Å². The van der Waals surface area contributed by atoms with Gasteiger partial charge in [-0.3, -0.25) is 24.1 Å². The van der Waals surface area contributed by atoms with Gasteiger partial charge in [0.1, 0.15) is 11.4 Å². The van der Waals surface area contributed by atoms with Gasteiger partial charge in [-0.15, -0.1) is 0 Å². The first kappa shape index (κ1) is 40.1. The zero-order chi connectivity index (χ0) is 39.0. The molecule has 2 bridgehead atoms. The second-order valence-electron chi connectivity index (χ2n) is 16.7. The van der Waals surface area contributed by atoms with E-state index in [1.165, 1.54) is 11.1 Å². The van der Waals surface area contributed by atoms with Crippen molar-refractivity contribution in [2.24, 2.45) is 17.8 Å². The SMILES string of the molecule is C=S1(=O)NC(=O)c2ccc3c(c2)N(C[C@@H]2CC[C@H]2[C@@](CN2CCN(CC(=O)OCC)CC2)(OC)/C=C/C[C@H](C)[C@H]1C)C[C@@]1(CCCc2cc(Cl)ccc21)CO3. The molecule has 5 aliphatic rings. The quantitative estimate of drug-likeness (QED) is 0.223. The second-order valence-corrected chi connectivity index (χ2v) is 19.6. The van der Waals surface area contributed by atoms with Gasteiger partial charge in [-0.1, -0.05) is 36.7 Å². The fourth-order valence-corrected chi connectivity index (χ4v) is 11.4. The van der Waals surface area contributed by atoms with Crippen molar-refractivity contribution in [3.63, 3.8) is 0 Å². The summed E-state index contributed by atoms with van der Waals surface area (Å²) in [6, 6.07) is 11.9. The highest BCUT2D eigenvalue weighted by molar-refractivity contribution is 7.99. The largest absolute Gasteiger partial charge is 0.490 e. The van der Waals surface area contributed by atoms with Gasteiger partial charge in [0.25, 0.3) is 5.91 Å². The molecule has 7 atom stereocenters. The summed E-state index contributed by atoms with van der Waals surface area (Å²) in [5, 5.41) is 0.386. The standard InChI is InChI=1S/C43H59ClN4O6S/c1-6-53-40(49)26-46-19-21-47(22-20-46)28-43(52-4)18-7-9-30(2)31(3)55(5,51)45-41(50)33-12-16-39-38(24-33)48(25-34-11-14-37(34)43)27-42(29-54-39)17-8-10-32-23-35(44)13-15-36(32)42/h7,12-13,15-16,18,23-24,30-31,34,37H,5-6,8-11,14,17,19-22,25-29H2,1-4H3,(H,45,50,51)/b18-7+/t30-,31+,34-,37+,42-,43+,55?/m0/s1. The molecule has 2 aliphatic carbocycles. The van der Waals surface area contributed by atoms with Crippen LogP contribution in [0.2, 0.25) is 5.02 Å². The highest BCUT2D eigenvalue weighted by atomic mass is 35.5. The molecule has 1 spiro atoms. The van der Waals surface area contributed by atoms with Crippen LogP contribution in [0, 0.1) is 17.8 Å². The van der Waals surface area contributed by atoms with Crippen molar-refractivity contribution in [1.82, 2.24) is 14.5 Å². The molecule has 1 N–H and O–H groups in total. The van der Waals surface area contributed by atoms with Crippen LogP contribution in [0.3, 0.4) is 0 Å². The Morgan fingerprint density at radius 3 is 2.62 bits per heavy atom. The highest BCUT2D eigenvalue weighted by Crippen LogP contribution is 2.49. The third-order valence-corrected chi connectivity index (χ3v) is 15.8. The highest BCUT2D eigenvalue weighted by Gasteiger charge is 2.50. The molecule has 12 heteroatoms. The molecule has 0 aromatic heterocycles. The number of esters is 1. The second kappa shape index (κ2) is 16.4. The van der Waals surface area contributed by atoms with E-state index in [1.54, 1.807) is 6.07 Å². The van der Waals surface area contributed by atoms with E-state index in [4.69, 9.17) is 25.8 Å². The Morgan fingerprint density at radius 2 is 1.89 bits per heavy atom. The summed E-state index contributed by atoms with van der Waals surface area (Å²) in [5.74, 6) is 4.82. The van der Waals surface area contributed by atoms with Crippen molar-refractivity contribution < 1.29 is 28.0 Å². The molecule has 7 rings (SSSR count). The summed E-state index contributed by atoms with van der Waals surface area (Å²) >= 11 is 6.52. The van der Waals surface area contributed by atoms with Crippen molar-refractivity contribution in [1.29, 1.82) is 0 Å². The Hall–Kier alpha value is -3.09. The van der Waals surface area contributed by atoms with Gasteiger partial charge in [0, 0.05) is 74.2 Å². The van der Waals surface area contributed by atoms with Crippen LogP contribution >= 0.6 is 11.6 Å². The number of methoxy groups -OCH3 is 1. The van der Waals surface area contributed by atoms with Gasteiger partial charge in [-0.25, -0.2) is 4.21 Å². The number of fused-ring (bicyclic) bond motifs is 4. The Balaban J connectivity index is 1.25. The van der Waals surface area contributed by atoms with Crippen LogP contribution in [0.25, 0.3) is 0 Å². The number of hydrogen-bond acceptors (Lipinski definition) is 9. The Bertz CT molecular complexity index is 1880. The van der Waals surface area contributed by atoms with Gasteiger partial charge in [-0.05, 0) is 117 Å². The first-order valence-electron chi connectivity index (χ1n) is 20.2. The minimum Gasteiger partial charge on any atom is -0.490 e. The molecular formula is C43H59ClN4O6S. The minimum absolute atomic E-state index is 0.00648. The van der Waals surface area contributed by atoms with Crippen LogP contribution in [0.1, 0.15) is 74.4 Å². The van der Waals surface area contributed by atoms with Gasteiger partial charge >= 0.3 is 5.97 Å². The van der Waals surface area contributed by atoms with Crippen LogP contribution in [-0.4, -0.2) is 115 Å². The van der Waals surface area contributed by atoms with Crippen molar-refractivity contribution in [3.05, 3.63) is 70.3 Å². The Morgan fingerprint density at radius 1 is 1.11 bits per heavy atom. The van der Waals surface area contributed by atoms with E-state index in [1.807, 2.05) is 39.2 Å². The average Bonchev–Trinajstić information content (AvgIpc) is 3.29. The van der Waals surface area contributed by atoms with E-state index in [2.05, 4.69) is 56.5 Å². The maximum Gasteiger partial charge on any atom is 0.320 e. The number of aryl methyl sites for hydroxylation is 1. The third kappa shape index (κ3) is 8.33. The van der Waals surface area contributed by atoms with Gasteiger partial charge in [-0.2, -0.15) is 0 Å². The van der Waals surface area contributed by atoms with Crippen molar-refractivity contribution in [2.75, 3.05) is 77.6 Å². The van der Waals surface area contributed by atoms with E-state index in [9.17, 15) is 13.8 Å². The van der Waals surface area contributed by atoms with E-state index in [0.29, 0.717) is 37.7 Å². The molecular weight excluding hydrogens is 736 g/mol. The minimum atomic E-state index is -2.99. The molecule has 1 saturated carbocycles. The van der Waals surface area contributed by atoms with Crippen molar-refractivity contribution in [2.45, 2.75) is 75.6 Å². The molecule has 55 heavy (non-hydrogen) atoms. The van der Waals surface area contributed by atoms with Gasteiger partial charge in [0.05, 0.1) is 35.2 Å². The molecule has 300 valence electrons. The molecule has 2 aromatic rings. The number of halogens is 1. The number of allylic oxidation sites excluding steroid dienone is 1. The van der Waals surface area contributed by atoms with Crippen LogP contribution in [0.4, 0.5) is 5.69 Å². The van der Waals surface area contributed by atoms with Crippen LogP contribution < -0.4 is 14.4 Å². The smallest absolute Gasteiger partial charge is 0.320 e. The molecule has 3 heterocycles. The number of carbonyl (C=O) groups is 2. The molecule has 0 radical (unpaired) electrons. The Labute approximate surface area is 333 Å². The number of hydrogen-bond donors (Lipinski definition) is 1. The number of piperazine rings is 1. The lowest BCUT2D eigenvalue weighted by atomic mass is 9.63. The average molecular weight is 795 g/mol. The van der Waals surface area contributed by atoms with E-state index < -0.39 is 15.3 Å². The lowest BCUT2D eigenvalue weighted by molar-refractivity contribution is -0.145. The van der Waals surface area contributed by atoms with E-state index >= 15 is 0 Å². The molecule has 1 saturated heterocycles. The van der Waals surface area contributed by atoms with Crippen LogP contribution in [0.5, 0.6) is 5.75 Å². The van der Waals surface area contributed by atoms with Crippen molar-refractivity contribution >= 4 is 44.7 Å². The van der Waals surface area contributed by atoms with E-state index in [0.717, 1.165) is 94.4 Å². The summed E-state index contributed by atoms with van der Waals surface area (Å²) in [6.45, 7) is 12.6. The van der Waals surface area contributed by atoms with Crippen LogP contribution in [0.15, 0.2) is 48.6 Å². The number of nitrogens with one attached hydrogen (secondary N) is 1. The number of nitrogens with zero attached hydrogens (tertiary/aromatic N) is 3. The predicted octanol–water partition coefficient (Wildman–Crippen LogP) is 5.75. The topological polar surface area (TPSA) is 101 Å². The maximum absolute atomic E-state index is 14.1. The first-order valence-corrected chi connectivity index (χ1v) is 22.3. The summed E-state index contributed by atoms with van der Waals surface area (Å²) in [5.41, 5.74) is 3.10. The number of ether oxygens (including phenoxy) is 3. The van der Waals surface area contributed by atoms with Crippen molar-refractivity contribution in [3.8, 4) is 5.75 Å². The maximum atomic E-state index is 14.1. The molecule has 1 amide bonds. The van der Waals surface area contributed by atoms with Crippen LogP contribution in [-0.2, 0) is 35.8 Å². The molecule has 2 aromatic carbocycles. The predicted molar refractivity (Wildman–Crippen MR) is 221 cm³/mol. The fraction of sp³-hybridized carbons (Fsp3) is 0.605. The summed E-state index contributed by atoms with van der Waals surface area (Å²) < 4.78 is 35.6. The molecule has 3 aliphatic heterocycles.